The summed E-state index contributed by atoms with van der Waals surface area (Å²) in [7, 11) is 0. The number of allylic oxidation sites excluding steroid dienone is 1. The number of hydrogen-bond donors (Lipinski definition) is 0. The number of alkyl halides is 1. The van der Waals surface area contributed by atoms with Crippen molar-refractivity contribution in [3.8, 4) is 0 Å². The summed E-state index contributed by atoms with van der Waals surface area (Å²) in [5.74, 6) is 0.293. The van der Waals surface area contributed by atoms with Crippen molar-refractivity contribution in [2.75, 3.05) is 5.33 Å². The number of carbonyl (C=O) groups is 1. The van der Waals surface area contributed by atoms with E-state index in [1.807, 2.05) is 24.3 Å². The smallest absolute Gasteiger partial charge is 0.170 e. The zero-order valence-corrected chi connectivity index (χ0v) is 10.8. The Balaban J connectivity index is 2.33. The van der Waals surface area contributed by atoms with E-state index < -0.39 is 0 Å². The molecule has 0 saturated carbocycles. The molecule has 0 saturated heterocycles. The third-order valence-electron chi connectivity index (χ3n) is 3.36. The molecule has 2 heteroatoms. The van der Waals surface area contributed by atoms with Gasteiger partial charge < -0.3 is 0 Å². The van der Waals surface area contributed by atoms with E-state index in [1.165, 1.54) is 5.56 Å². The highest BCUT2D eigenvalue weighted by atomic mass is 79.9. The van der Waals surface area contributed by atoms with Gasteiger partial charge in [0.15, 0.2) is 5.78 Å². The van der Waals surface area contributed by atoms with Gasteiger partial charge in [0.25, 0.3) is 0 Å². The Kier molecular flexibility index (Phi) is 3.29. The van der Waals surface area contributed by atoms with Crippen LogP contribution in [0.15, 0.2) is 36.9 Å². The predicted molar refractivity (Wildman–Crippen MR) is 70.1 cm³/mol. The first-order valence-electron chi connectivity index (χ1n) is 5.53. The fourth-order valence-corrected chi connectivity index (χ4v) is 3.11. The van der Waals surface area contributed by atoms with E-state index in [4.69, 9.17) is 0 Å². The molecule has 0 amide bonds. The van der Waals surface area contributed by atoms with E-state index in [0.29, 0.717) is 5.78 Å². The van der Waals surface area contributed by atoms with E-state index >= 15 is 0 Å². The molecule has 0 radical (unpaired) electrons. The van der Waals surface area contributed by atoms with Crippen molar-refractivity contribution in [2.45, 2.75) is 19.3 Å². The van der Waals surface area contributed by atoms with E-state index in [-0.39, 0.29) is 5.41 Å². The summed E-state index contributed by atoms with van der Waals surface area (Å²) in [6.07, 6.45) is 4.53. The highest BCUT2D eigenvalue weighted by Gasteiger charge is 2.43. The molecule has 0 fully saturated rings. The number of rotatable bonds is 4. The molecule has 2 rings (SSSR count). The van der Waals surface area contributed by atoms with E-state index in [0.717, 1.165) is 30.2 Å². The number of ketones is 1. The van der Waals surface area contributed by atoms with Crippen LogP contribution in [0.3, 0.4) is 0 Å². The standard InChI is InChI=1S/C14H15BrO/c1-2-3-8-14(10-15)9-11-6-4-5-7-12(11)13(14)16/h2,4-7H,1,3,8-10H2. The van der Waals surface area contributed by atoms with Gasteiger partial charge in [-0.15, -0.1) is 6.58 Å². The first-order chi connectivity index (χ1) is 7.73. The van der Waals surface area contributed by atoms with E-state index in [2.05, 4.69) is 28.6 Å². The summed E-state index contributed by atoms with van der Waals surface area (Å²) in [6.45, 7) is 3.73. The SMILES string of the molecule is C=CCCC1(CBr)Cc2ccccc2C1=O. The third-order valence-corrected chi connectivity index (χ3v) is 4.43. The Morgan fingerprint density at radius 3 is 2.81 bits per heavy atom. The zero-order valence-electron chi connectivity index (χ0n) is 9.21. The summed E-state index contributed by atoms with van der Waals surface area (Å²) < 4.78 is 0. The molecule has 1 unspecified atom stereocenters. The second kappa shape index (κ2) is 4.54. The number of fused-ring (bicyclic) bond motifs is 1. The summed E-state index contributed by atoms with van der Waals surface area (Å²) in [5.41, 5.74) is 1.86. The number of halogens is 1. The highest BCUT2D eigenvalue weighted by molar-refractivity contribution is 9.09. The monoisotopic (exact) mass is 278 g/mol. The van der Waals surface area contributed by atoms with Gasteiger partial charge in [-0.1, -0.05) is 46.3 Å². The molecule has 0 heterocycles. The van der Waals surface area contributed by atoms with Crippen LogP contribution in [0, 0.1) is 5.41 Å². The van der Waals surface area contributed by atoms with Crippen LogP contribution in [0.2, 0.25) is 0 Å². The lowest BCUT2D eigenvalue weighted by Gasteiger charge is -2.24. The Hall–Kier alpha value is -0.890. The van der Waals surface area contributed by atoms with Crippen LogP contribution in [-0.2, 0) is 6.42 Å². The number of hydrogen-bond acceptors (Lipinski definition) is 1. The average molecular weight is 279 g/mol. The number of Topliss-reactive ketones (excluding diaryl/α,β-unsaturated/α-hetero) is 1. The Bertz CT molecular complexity index is 424. The summed E-state index contributed by atoms with van der Waals surface area (Å²) in [4.78, 5) is 12.4. The maximum atomic E-state index is 12.4. The molecule has 0 N–H and O–H groups in total. The second-order valence-corrected chi connectivity index (χ2v) is 4.97. The molecule has 16 heavy (non-hydrogen) atoms. The summed E-state index contributed by atoms with van der Waals surface area (Å²) in [6, 6.07) is 7.94. The van der Waals surface area contributed by atoms with Gasteiger partial charge >= 0.3 is 0 Å². The zero-order chi connectivity index (χ0) is 11.6. The fraction of sp³-hybridized carbons (Fsp3) is 0.357. The lowest BCUT2D eigenvalue weighted by Crippen LogP contribution is -2.29. The van der Waals surface area contributed by atoms with Gasteiger partial charge in [-0.05, 0) is 24.8 Å². The van der Waals surface area contributed by atoms with Crippen LogP contribution in [0.5, 0.6) is 0 Å². The van der Waals surface area contributed by atoms with Crippen LogP contribution < -0.4 is 0 Å². The molecule has 1 nitrogen and oxygen atoms in total. The maximum Gasteiger partial charge on any atom is 0.170 e. The van der Waals surface area contributed by atoms with Crippen molar-refractivity contribution in [3.63, 3.8) is 0 Å². The van der Waals surface area contributed by atoms with E-state index in [1.54, 1.807) is 0 Å². The maximum absolute atomic E-state index is 12.4. The molecule has 1 aliphatic carbocycles. The molecule has 1 atom stereocenters. The van der Waals surface area contributed by atoms with Crippen molar-refractivity contribution >= 4 is 21.7 Å². The van der Waals surface area contributed by atoms with Crippen molar-refractivity contribution in [2.24, 2.45) is 5.41 Å². The lowest BCUT2D eigenvalue weighted by molar-refractivity contribution is 0.0839. The Morgan fingerprint density at radius 1 is 1.44 bits per heavy atom. The Morgan fingerprint density at radius 2 is 2.19 bits per heavy atom. The molecule has 84 valence electrons. The minimum absolute atomic E-state index is 0.238. The van der Waals surface area contributed by atoms with Gasteiger partial charge in [0.05, 0.1) is 0 Å². The van der Waals surface area contributed by atoms with Gasteiger partial charge in [-0.3, -0.25) is 4.79 Å². The number of carbonyl (C=O) groups excluding carboxylic acids is 1. The fourth-order valence-electron chi connectivity index (χ4n) is 2.38. The van der Waals surface area contributed by atoms with Gasteiger partial charge in [-0.2, -0.15) is 0 Å². The van der Waals surface area contributed by atoms with E-state index in [9.17, 15) is 4.79 Å². The van der Waals surface area contributed by atoms with Gasteiger partial charge in [0.1, 0.15) is 0 Å². The molecule has 1 aromatic carbocycles. The number of benzene rings is 1. The van der Waals surface area contributed by atoms with Gasteiger partial charge in [0.2, 0.25) is 0 Å². The minimum atomic E-state index is -0.238. The molecule has 0 aliphatic heterocycles. The molecule has 1 aliphatic rings. The summed E-state index contributed by atoms with van der Waals surface area (Å²) in [5, 5.41) is 0.737. The van der Waals surface area contributed by atoms with Crippen molar-refractivity contribution in [1.29, 1.82) is 0 Å². The molecule has 0 bridgehead atoms. The topological polar surface area (TPSA) is 17.1 Å². The van der Waals surface area contributed by atoms with Gasteiger partial charge in [-0.25, -0.2) is 0 Å². The highest BCUT2D eigenvalue weighted by Crippen LogP contribution is 2.41. The van der Waals surface area contributed by atoms with Gasteiger partial charge in [0, 0.05) is 16.3 Å². The molecule has 0 aromatic heterocycles. The van der Waals surface area contributed by atoms with Crippen LogP contribution in [0.25, 0.3) is 0 Å². The van der Waals surface area contributed by atoms with Crippen molar-refractivity contribution in [1.82, 2.24) is 0 Å². The van der Waals surface area contributed by atoms with Crippen molar-refractivity contribution < 1.29 is 4.79 Å². The van der Waals surface area contributed by atoms with Crippen LogP contribution >= 0.6 is 15.9 Å². The predicted octanol–water partition coefficient (Wildman–Crippen LogP) is 3.77. The molecule has 1 aromatic rings. The Labute approximate surface area is 105 Å². The minimum Gasteiger partial charge on any atom is -0.294 e. The van der Waals surface area contributed by atoms with Crippen LogP contribution in [0.4, 0.5) is 0 Å². The van der Waals surface area contributed by atoms with Crippen molar-refractivity contribution in [3.05, 3.63) is 48.0 Å². The molecular weight excluding hydrogens is 264 g/mol. The van der Waals surface area contributed by atoms with Crippen LogP contribution in [-0.4, -0.2) is 11.1 Å². The second-order valence-electron chi connectivity index (χ2n) is 4.40. The summed E-state index contributed by atoms with van der Waals surface area (Å²) >= 11 is 3.51. The van der Waals surface area contributed by atoms with Crippen LogP contribution in [0.1, 0.15) is 28.8 Å². The average Bonchev–Trinajstić information content (AvgIpc) is 2.61. The largest absolute Gasteiger partial charge is 0.294 e. The first-order valence-corrected chi connectivity index (χ1v) is 6.65. The lowest BCUT2D eigenvalue weighted by atomic mass is 9.81. The quantitative estimate of drug-likeness (QED) is 0.605. The molecule has 0 spiro atoms. The normalized spacial score (nSPS) is 23.2. The third kappa shape index (κ3) is 1.75. The first kappa shape index (κ1) is 11.6. The molecular formula is C14H15BrO.